The number of carbonyl (C=O) groups excluding carboxylic acids is 1. The summed E-state index contributed by atoms with van der Waals surface area (Å²) in [5.74, 6) is -0.364. The second kappa shape index (κ2) is 6.62. The lowest BCUT2D eigenvalue weighted by molar-refractivity contribution is -0.117. The van der Waals surface area contributed by atoms with Crippen LogP contribution in [-0.4, -0.2) is 10.9 Å². The smallest absolute Gasteiger partial charge is 0.234 e. The fraction of sp³-hybridized carbons (Fsp3) is 0.111. The van der Waals surface area contributed by atoms with Crippen LogP contribution in [0.25, 0.3) is 11.3 Å². The zero-order valence-electron chi connectivity index (χ0n) is 12.7. The highest BCUT2D eigenvalue weighted by atomic mass is 32.1. The zero-order valence-corrected chi connectivity index (χ0v) is 13.5. The number of hydrogen-bond donors (Lipinski definition) is 2. The van der Waals surface area contributed by atoms with Crippen molar-refractivity contribution < 1.29 is 4.79 Å². The molecule has 4 nitrogen and oxygen atoms in total. The summed E-state index contributed by atoms with van der Waals surface area (Å²) in [6.45, 7) is 1.86. The van der Waals surface area contributed by atoms with Crippen LogP contribution >= 0.6 is 11.3 Å². The molecule has 1 heterocycles. The molecule has 2 aromatic carbocycles. The van der Waals surface area contributed by atoms with E-state index in [0.717, 1.165) is 27.6 Å². The van der Waals surface area contributed by atoms with Crippen LogP contribution in [0.5, 0.6) is 0 Å². The first-order chi connectivity index (χ1) is 11.1. The van der Waals surface area contributed by atoms with Crippen LogP contribution in [0.2, 0.25) is 0 Å². The SMILES string of the molecule is CC(C(=O)Nc1ccccc1)c1nc(-c2ccc(N)cc2)cs1. The van der Waals surface area contributed by atoms with Crippen LogP contribution < -0.4 is 11.1 Å². The molecule has 0 saturated carbocycles. The summed E-state index contributed by atoms with van der Waals surface area (Å²) < 4.78 is 0. The molecule has 0 radical (unpaired) electrons. The Morgan fingerprint density at radius 2 is 1.83 bits per heavy atom. The summed E-state index contributed by atoms with van der Waals surface area (Å²) in [6.07, 6.45) is 0. The number of amides is 1. The van der Waals surface area contributed by atoms with Crippen molar-refractivity contribution in [3.8, 4) is 11.3 Å². The third-order valence-electron chi connectivity index (χ3n) is 3.53. The molecule has 1 aromatic heterocycles. The van der Waals surface area contributed by atoms with Crippen molar-refractivity contribution in [3.05, 3.63) is 65.0 Å². The van der Waals surface area contributed by atoms with Crippen molar-refractivity contribution in [2.24, 2.45) is 0 Å². The third kappa shape index (κ3) is 3.57. The fourth-order valence-electron chi connectivity index (χ4n) is 2.16. The van der Waals surface area contributed by atoms with E-state index in [1.807, 2.05) is 66.9 Å². The maximum absolute atomic E-state index is 12.3. The number of para-hydroxylation sites is 1. The van der Waals surface area contributed by atoms with Gasteiger partial charge in [-0.05, 0) is 31.2 Å². The Bertz CT molecular complexity index is 797. The maximum atomic E-state index is 12.3. The van der Waals surface area contributed by atoms with E-state index >= 15 is 0 Å². The lowest BCUT2D eigenvalue weighted by atomic mass is 10.1. The van der Waals surface area contributed by atoms with Gasteiger partial charge in [-0.2, -0.15) is 0 Å². The van der Waals surface area contributed by atoms with E-state index < -0.39 is 0 Å². The molecule has 0 spiro atoms. The third-order valence-corrected chi connectivity index (χ3v) is 4.56. The van der Waals surface area contributed by atoms with Crippen molar-refractivity contribution in [2.75, 3.05) is 11.1 Å². The molecule has 1 amide bonds. The van der Waals surface area contributed by atoms with E-state index in [0.29, 0.717) is 0 Å². The van der Waals surface area contributed by atoms with Crippen LogP contribution in [0.3, 0.4) is 0 Å². The minimum absolute atomic E-state index is 0.0607. The molecule has 0 aliphatic carbocycles. The molecule has 0 aliphatic heterocycles. The van der Waals surface area contributed by atoms with Gasteiger partial charge in [0.2, 0.25) is 5.91 Å². The van der Waals surface area contributed by atoms with Crippen LogP contribution in [0.4, 0.5) is 11.4 Å². The molecule has 0 fully saturated rings. The van der Waals surface area contributed by atoms with Crippen molar-refractivity contribution in [1.82, 2.24) is 4.98 Å². The van der Waals surface area contributed by atoms with Gasteiger partial charge in [0.15, 0.2) is 0 Å². The minimum Gasteiger partial charge on any atom is -0.399 e. The van der Waals surface area contributed by atoms with E-state index in [-0.39, 0.29) is 11.8 Å². The molecule has 3 aromatic rings. The van der Waals surface area contributed by atoms with Gasteiger partial charge < -0.3 is 11.1 Å². The van der Waals surface area contributed by atoms with Gasteiger partial charge >= 0.3 is 0 Å². The van der Waals surface area contributed by atoms with Crippen LogP contribution in [0.1, 0.15) is 17.8 Å². The molecule has 1 unspecified atom stereocenters. The number of nitrogens with two attached hydrogens (primary N) is 1. The molecule has 23 heavy (non-hydrogen) atoms. The van der Waals surface area contributed by atoms with Gasteiger partial charge in [0.1, 0.15) is 5.01 Å². The molecular formula is C18H17N3OS. The first-order valence-corrected chi connectivity index (χ1v) is 8.18. The standard InChI is InChI=1S/C18H17N3OS/c1-12(17(22)20-15-5-3-2-4-6-15)18-21-16(11-23-18)13-7-9-14(19)10-8-13/h2-12H,19H2,1H3,(H,20,22). The summed E-state index contributed by atoms with van der Waals surface area (Å²) in [6, 6.07) is 17.0. The molecule has 5 heteroatoms. The number of benzene rings is 2. The van der Waals surface area contributed by atoms with Gasteiger partial charge in [-0.1, -0.05) is 30.3 Å². The second-order valence-corrected chi connectivity index (χ2v) is 6.16. The molecule has 3 N–H and O–H groups in total. The number of nitrogen functional groups attached to an aromatic ring is 1. The predicted molar refractivity (Wildman–Crippen MR) is 95.4 cm³/mol. The average Bonchev–Trinajstić information content (AvgIpc) is 3.05. The highest BCUT2D eigenvalue weighted by Gasteiger charge is 2.19. The summed E-state index contributed by atoms with van der Waals surface area (Å²) in [4.78, 5) is 16.9. The first-order valence-electron chi connectivity index (χ1n) is 7.31. The quantitative estimate of drug-likeness (QED) is 0.709. The van der Waals surface area contributed by atoms with E-state index in [4.69, 9.17) is 5.73 Å². The Kier molecular flexibility index (Phi) is 4.39. The van der Waals surface area contributed by atoms with E-state index in [1.54, 1.807) is 0 Å². The fourth-order valence-corrected chi connectivity index (χ4v) is 3.04. The molecule has 1 atom stereocenters. The number of thiazole rings is 1. The molecule has 0 bridgehead atoms. The highest BCUT2D eigenvalue weighted by molar-refractivity contribution is 7.10. The maximum Gasteiger partial charge on any atom is 0.234 e. The Balaban J connectivity index is 1.74. The topological polar surface area (TPSA) is 68.0 Å². The lowest BCUT2D eigenvalue weighted by Gasteiger charge is -2.09. The number of rotatable bonds is 4. The van der Waals surface area contributed by atoms with Crippen LogP contribution in [-0.2, 0) is 4.79 Å². The van der Waals surface area contributed by atoms with Crippen molar-refractivity contribution in [2.45, 2.75) is 12.8 Å². The highest BCUT2D eigenvalue weighted by Crippen LogP contribution is 2.27. The predicted octanol–water partition coefficient (Wildman–Crippen LogP) is 4.13. The summed E-state index contributed by atoms with van der Waals surface area (Å²) in [5, 5.41) is 5.67. The molecule has 0 aliphatic rings. The number of aromatic nitrogens is 1. The van der Waals surface area contributed by atoms with Gasteiger partial charge in [0, 0.05) is 22.3 Å². The summed E-state index contributed by atoms with van der Waals surface area (Å²) in [5.41, 5.74) is 9.08. The Hall–Kier alpha value is -2.66. The molecule has 3 rings (SSSR count). The van der Waals surface area contributed by atoms with Crippen molar-refractivity contribution >= 4 is 28.6 Å². The van der Waals surface area contributed by atoms with Crippen molar-refractivity contribution in [3.63, 3.8) is 0 Å². The summed E-state index contributed by atoms with van der Waals surface area (Å²) in [7, 11) is 0. The lowest BCUT2D eigenvalue weighted by Crippen LogP contribution is -2.18. The normalized spacial score (nSPS) is 11.9. The van der Waals surface area contributed by atoms with Crippen LogP contribution in [0.15, 0.2) is 60.0 Å². The largest absolute Gasteiger partial charge is 0.399 e. The molecule has 116 valence electrons. The monoisotopic (exact) mass is 323 g/mol. The summed E-state index contributed by atoms with van der Waals surface area (Å²) >= 11 is 1.49. The minimum atomic E-state index is -0.303. The van der Waals surface area contributed by atoms with E-state index in [2.05, 4.69) is 10.3 Å². The average molecular weight is 323 g/mol. The van der Waals surface area contributed by atoms with Gasteiger partial charge in [-0.25, -0.2) is 4.98 Å². The van der Waals surface area contributed by atoms with E-state index in [9.17, 15) is 4.79 Å². The van der Waals surface area contributed by atoms with Gasteiger partial charge in [0.25, 0.3) is 0 Å². The Labute approximate surface area is 139 Å². The number of carbonyl (C=O) groups is 1. The number of hydrogen-bond acceptors (Lipinski definition) is 4. The Morgan fingerprint density at radius 3 is 2.52 bits per heavy atom. The Morgan fingerprint density at radius 1 is 1.13 bits per heavy atom. The number of nitrogens with zero attached hydrogens (tertiary/aromatic N) is 1. The zero-order chi connectivity index (χ0) is 16.2. The number of anilines is 2. The van der Waals surface area contributed by atoms with Crippen molar-refractivity contribution in [1.29, 1.82) is 0 Å². The van der Waals surface area contributed by atoms with Crippen LogP contribution in [0, 0.1) is 0 Å². The second-order valence-electron chi connectivity index (χ2n) is 5.27. The van der Waals surface area contributed by atoms with Gasteiger partial charge in [-0.3, -0.25) is 4.79 Å². The van der Waals surface area contributed by atoms with E-state index in [1.165, 1.54) is 11.3 Å². The molecular weight excluding hydrogens is 306 g/mol. The molecule has 0 saturated heterocycles. The first kappa shape index (κ1) is 15.2. The van der Waals surface area contributed by atoms with Gasteiger partial charge in [0.05, 0.1) is 11.6 Å². The number of nitrogens with one attached hydrogen (secondary N) is 1. The van der Waals surface area contributed by atoms with Gasteiger partial charge in [-0.15, -0.1) is 11.3 Å².